The monoisotopic (exact) mass is 306 g/mol. The molecule has 1 aromatic carbocycles. The molecule has 1 amide bonds. The van der Waals surface area contributed by atoms with Gasteiger partial charge >= 0.3 is 0 Å². The third kappa shape index (κ3) is 2.70. The van der Waals surface area contributed by atoms with E-state index in [2.05, 4.69) is 26.2 Å². The minimum absolute atomic E-state index is 0.0340. The summed E-state index contributed by atoms with van der Waals surface area (Å²) in [5.74, 6) is -0.0340. The number of rotatable bonds is 3. The number of halogens is 1. The van der Waals surface area contributed by atoms with Crippen LogP contribution in [0.3, 0.4) is 0 Å². The SMILES string of the molecule is CCC(Br)C(=O)Nc1cccc2ccc(C)nc12. The molecule has 1 atom stereocenters. The lowest BCUT2D eigenvalue weighted by Gasteiger charge is -2.11. The first kappa shape index (κ1) is 13.0. The van der Waals surface area contributed by atoms with E-state index in [1.54, 1.807) is 0 Å². The molecule has 1 aromatic heterocycles. The predicted molar refractivity (Wildman–Crippen MR) is 78.1 cm³/mol. The lowest BCUT2D eigenvalue weighted by atomic mass is 10.1. The van der Waals surface area contributed by atoms with Gasteiger partial charge in [-0.1, -0.05) is 41.1 Å². The first-order valence-electron chi connectivity index (χ1n) is 5.93. The molecule has 1 unspecified atom stereocenters. The highest BCUT2D eigenvalue weighted by Gasteiger charge is 2.13. The van der Waals surface area contributed by atoms with Gasteiger partial charge in [-0.2, -0.15) is 0 Å². The number of carbonyl (C=O) groups is 1. The number of amides is 1. The van der Waals surface area contributed by atoms with Crippen molar-refractivity contribution in [3.8, 4) is 0 Å². The first-order chi connectivity index (χ1) is 8.61. The average Bonchev–Trinajstić information content (AvgIpc) is 2.38. The second kappa shape index (κ2) is 5.48. The minimum Gasteiger partial charge on any atom is -0.323 e. The van der Waals surface area contributed by atoms with E-state index in [0.717, 1.165) is 28.7 Å². The smallest absolute Gasteiger partial charge is 0.238 e. The number of aryl methyl sites for hydroxylation is 1. The van der Waals surface area contributed by atoms with E-state index in [0.29, 0.717) is 0 Å². The number of hydrogen-bond acceptors (Lipinski definition) is 2. The number of aromatic nitrogens is 1. The fraction of sp³-hybridized carbons (Fsp3) is 0.286. The van der Waals surface area contributed by atoms with Crippen molar-refractivity contribution in [3.63, 3.8) is 0 Å². The molecule has 0 aliphatic carbocycles. The van der Waals surface area contributed by atoms with E-state index >= 15 is 0 Å². The number of para-hydroxylation sites is 1. The van der Waals surface area contributed by atoms with Crippen LogP contribution in [-0.4, -0.2) is 15.7 Å². The van der Waals surface area contributed by atoms with Crippen molar-refractivity contribution < 1.29 is 4.79 Å². The van der Waals surface area contributed by atoms with Crippen molar-refractivity contribution in [2.45, 2.75) is 25.1 Å². The van der Waals surface area contributed by atoms with Crippen LogP contribution in [0.1, 0.15) is 19.0 Å². The van der Waals surface area contributed by atoms with Gasteiger partial charge in [0, 0.05) is 11.1 Å². The number of pyridine rings is 1. The summed E-state index contributed by atoms with van der Waals surface area (Å²) in [7, 11) is 0. The van der Waals surface area contributed by atoms with Crippen LogP contribution in [-0.2, 0) is 4.79 Å². The maximum Gasteiger partial charge on any atom is 0.238 e. The Morgan fingerprint density at radius 2 is 2.17 bits per heavy atom. The lowest BCUT2D eigenvalue weighted by molar-refractivity contribution is -0.115. The maximum absolute atomic E-state index is 11.9. The van der Waals surface area contributed by atoms with Crippen LogP contribution in [0.25, 0.3) is 10.9 Å². The molecule has 4 heteroatoms. The van der Waals surface area contributed by atoms with Crippen molar-refractivity contribution in [3.05, 3.63) is 36.0 Å². The highest BCUT2D eigenvalue weighted by atomic mass is 79.9. The summed E-state index contributed by atoms with van der Waals surface area (Å²) in [5, 5.41) is 3.94. The van der Waals surface area contributed by atoms with E-state index in [4.69, 9.17) is 0 Å². The Balaban J connectivity index is 2.39. The lowest BCUT2D eigenvalue weighted by Crippen LogP contribution is -2.22. The second-order valence-electron chi connectivity index (χ2n) is 4.19. The molecule has 0 bridgehead atoms. The zero-order valence-electron chi connectivity index (χ0n) is 10.4. The number of carbonyl (C=O) groups excluding carboxylic acids is 1. The molecule has 94 valence electrons. The van der Waals surface area contributed by atoms with Gasteiger partial charge < -0.3 is 5.32 Å². The molecule has 1 N–H and O–H groups in total. The third-order valence-electron chi connectivity index (χ3n) is 2.76. The molecule has 0 fully saturated rings. The van der Waals surface area contributed by atoms with Gasteiger partial charge in [0.15, 0.2) is 0 Å². The Hall–Kier alpha value is -1.42. The molecule has 2 rings (SSSR count). The van der Waals surface area contributed by atoms with Crippen LogP contribution in [0.4, 0.5) is 5.69 Å². The zero-order valence-corrected chi connectivity index (χ0v) is 12.0. The Kier molecular flexibility index (Phi) is 3.97. The summed E-state index contributed by atoms with van der Waals surface area (Å²) in [6, 6.07) is 9.76. The van der Waals surface area contributed by atoms with E-state index in [1.807, 2.05) is 44.2 Å². The average molecular weight is 307 g/mol. The molecular formula is C14H15BrN2O. The van der Waals surface area contributed by atoms with Crippen molar-refractivity contribution in [2.24, 2.45) is 0 Å². The van der Waals surface area contributed by atoms with Gasteiger partial charge in [-0.3, -0.25) is 9.78 Å². The van der Waals surface area contributed by atoms with Crippen LogP contribution in [0, 0.1) is 6.92 Å². The summed E-state index contributed by atoms with van der Waals surface area (Å²) in [5.41, 5.74) is 2.54. The number of alkyl halides is 1. The molecular weight excluding hydrogens is 292 g/mol. The van der Waals surface area contributed by atoms with Gasteiger partial charge in [-0.25, -0.2) is 0 Å². The fourth-order valence-corrected chi connectivity index (χ4v) is 1.86. The van der Waals surface area contributed by atoms with Crippen molar-refractivity contribution in [1.29, 1.82) is 0 Å². The van der Waals surface area contributed by atoms with E-state index < -0.39 is 0 Å². The van der Waals surface area contributed by atoms with Gasteiger partial charge in [0.1, 0.15) is 0 Å². The van der Waals surface area contributed by atoms with Crippen molar-refractivity contribution in [2.75, 3.05) is 5.32 Å². The van der Waals surface area contributed by atoms with E-state index in [9.17, 15) is 4.79 Å². The first-order valence-corrected chi connectivity index (χ1v) is 6.84. The molecule has 0 spiro atoms. The number of nitrogens with zero attached hydrogens (tertiary/aromatic N) is 1. The highest BCUT2D eigenvalue weighted by molar-refractivity contribution is 9.10. The fourth-order valence-electron chi connectivity index (χ4n) is 1.74. The van der Waals surface area contributed by atoms with Crippen LogP contribution < -0.4 is 5.32 Å². The molecule has 0 aliphatic heterocycles. The predicted octanol–water partition coefficient (Wildman–Crippen LogP) is 3.66. The van der Waals surface area contributed by atoms with Gasteiger partial charge in [0.05, 0.1) is 16.0 Å². The number of fused-ring (bicyclic) bond motifs is 1. The Morgan fingerprint density at radius 1 is 1.39 bits per heavy atom. The standard InChI is InChI=1S/C14H15BrN2O/c1-3-11(15)14(18)17-12-6-4-5-10-8-7-9(2)16-13(10)12/h4-8,11H,3H2,1-2H3,(H,17,18). The molecule has 2 aromatic rings. The van der Waals surface area contributed by atoms with Crippen molar-refractivity contribution in [1.82, 2.24) is 4.98 Å². The van der Waals surface area contributed by atoms with Gasteiger partial charge in [-0.15, -0.1) is 0 Å². The summed E-state index contributed by atoms with van der Waals surface area (Å²) in [4.78, 5) is 16.2. The number of benzene rings is 1. The Labute approximate surface area is 115 Å². The highest BCUT2D eigenvalue weighted by Crippen LogP contribution is 2.22. The third-order valence-corrected chi connectivity index (χ3v) is 3.82. The van der Waals surface area contributed by atoms with Crippen LogP contribution in [0.2, 0.25) is 0 Å². The Bertz CT molecular complexity index is 583. The topological polar surface area (TPSA) is 42.0 Å². The molecule has 0 radical (unpaired) electrons. The van der Waals surface area contributed by atoms with Crippen LogP contribution in [0.15, 0.2) is 30.3 Å². The zero-order chi connectivity index (χ0) is 13.1. The molecule has 3 nitrogen and oxygen atoms in total. The summed E-state index contributed by atoms with van der Waals surface area (Å²) in [6.07, 6.45) is 0.753. The molecule has 0 aliphatic rings. The van der Waals surface area contributed by atoms with Gasteiger partial charge in [0.2, 0.25) is 5.91 Å². The molecule has 1 heterocycles. The molecule has 18 heavy (non-hydrogen) atoms. The molecule has 0 saturated carbocycles. The number of hydrogen-bond donors (Lipinski definition) is 1. The second-order valence-corrected chi connectivity index (χ2v) is 5.30. The van der Waals surface area contributed by atoms with Crippen LogP contribution in [0.5, 0.6) is 0 Å². The number of nitrogens with one attached hydrogen (secondary N) is 1. The summed E-state index contributed by atoms with van der Waals surface area (Å²) >= 11 is 3.35. The quantitative estimate of drug-likeness (QED) is 0.879. The van der Waals surface area contributed by atoms with Gasteiger partial charge in [0.25, 0.3) is 0 Å². The molecule has 0 saturated heterocycles. The number of anilines is 1. The minimum atomic E-state index is -0.169. The maximum atomic E-state index is 11.9. The normalized spacial score (nSPS) is 12.4. The van der Waals surface area contributed by atoms with E-state index in [1.165, 1.54) is 0 Å². The summed E-state index contributed by atoms with van der Waals surface area (Å²) in [6.45, 7) is 3.90. The van der Waals surface area contributed by atoms with Gasteiger partial charge in [-0.05, 0) is 25.5 Å². The Morgan fingerprint density at radius 3 is 2.89 bits per heavy atom. The van der Waals surface area contributed by atoms with Crippen LogP contribution >= 0.6 is 15.9 Å². The van der Waals surface area contributed by atoms with Crippen molar-refractivity contribution >= 4 is 38.4 Å². The van der Waals surface area contributed by atoms with E-state index in [-0.39, 0.29) is 10.7 Å². The largest absolute Gasteiger partial charge is 0.323 e. The summed E-state index contributed by atoms with van der Waals surface area (Å²) < 4.78 is 0.